The van der Waals surface area contributed by atoms with Gasteiger partial charge >= 0.3 is 5.97 Å². The van der Waals surface area contributed by atoms with E-state index in [4.69, 9.17) is 5.11 Å². The fourth-order valence-corrected chi connectivity index (χ4v) is 2.90. The molecule has 0 aromatic rings. The lowest BCUT2D eigenvalue weighted by atomic mass is 9.70. The number of carbonyl (C=O) groups excluding carboxylic acids is 1. The van der Waals surface area contributed by atoms with E-state index in [9.17, 15) is 9.59 Å². The minimum absolute atomic E-state index is 0.0255. The highest BCUT2D eigenvalue weighted by atomic mass is 16.4. The number of rotatable bonds is 1. The Balaban J connectivity index is 0.000000209. The average Bonchev–Trinajstić information content (AvgIpc) is 2.51. The Labute approximate surface area is 103 Å². The van der Waals surface area contributed by atoms with Crippen LogP contribution in [0.25, 0.3) is 0 Å². The number of hydrogen-bond donors (Lipinski definition) is 2. The van der Waals surface area contributed by atoms with Gasteiger partial charge in [0.15, 0.2) is 6.04 Å². The molecule has 0 aromatic carbocycles. The zero-order chi connectivity index (χ0) is 13.4. The maximum absolute atomic E-state index is 11.6. The predicted molar refractivity (Wildman–Crippen MR) is 64.2 cm³/mol. The highest BCUT2D eigenvalue weighted by molar-refractivity contribution is 5.89. The Hall–Kier alpha value is -0.900. The third-order valence-electron chi connectivity index (χ3n) is 4.90. The van der Waals surface area contributed by atoms with Crippen molar-refractivity contribution in [2.75, 3.05) is 0 Å². The topological polar surface area (TPSA) is 82.0 Å². The van der Waals surface area contributed by atoms with Crippen LogP contribution in [0.5, 0.6) is 0 Å². The maximum Gasteiger partial charge on any atom is 0.362 e. The van der Waals surface area contributed by atoms with Crippen LogP contribution in [-0.4, -0.2) is 22.9 Å². The Bertz CT molecular complexity index is 336. The lowest BCUT2D eigenvalue weighted by molar-refractivity contribution is -0.402. The molecule has 17 heavy (non-hydrogen) atoms. The molecule has 0 saturated heterocycles. The molecule has 2 bridgehead atoms. The van der Waals surface area contributed by atoms with Crippen molar-refractivity contribution in [2.24, 2.45) is 16.7 Å². The maximum atomic E-state index is 11.6. The van der Waals surface area contributed by atoms with E-state index in [2.05, 4.69) is 26.5 Å². The zero-order valence-corrected chi connectivity index (χ0v) is 11.2. The number of carbonyl (C=O) groups is 2. The van der Waals surface area contributed by atoms with Gasteiger partial charge in [-0.2, -0.15) is 0 Å². The first-order valence-corrected chi connectivity index (χ1v) is 6.22. The fourth-order valence-electron chi connectivity index (χ4n) is 2.90. The molecule has 3 atom stereocenters. The molecular formula is C13H24NO3+. The third-order valence-corrected chi connectivity index (χ3v) is 4.90. The van der Waals surface area contributed by atoms with E-state index in [0.717, 1.165) is 12.8 Å². The van der Waals surface area contributed by atoms with Crippen LogP contribution < -0.4 is 5.73 Å². The highest BCUT2D eigenvalue weighted by Crippen LogP contribution is 2.63. The first-order valence-electron chi connectivity index (χ1n) is 6.22. The van der Waals surface area contributed by atoms with Gasteiger partial charge in [-0.15, -0.1) is 0 Å². The molecular weight excluding hydrogens is 218 g/mol. The summed E-state index contributed by atoms with van der Waals surface area (Å²) in [4.78, 5) is 21.2. The van der Waals surface area contributed by atoms with Crippen LogP contribution >= 0.6 is 0 Å². The van der Waals surface area contributed by atoms with Gasteiger partial charge in [0.2, 0.25) is 0 Å². The van der Waals surface area contributed by atoms with Gasteiger partial charge in [-0.1, -0.05) is 20.8 Å². The van der Waals surface area contributed by atoms with Crippen LogP contribution in [0.1, 0.15) is 47.0 Å². The summed E-state index contributed by atoms with van der Waals surface area (Å²) in [5, 5.41) is 7.93. The Kier molecular flexibility index (Phi) is 3.67. The largest absolute Gasteiger partial charge is 0.477 e. The molecule has 4 heteroatoms. The second kappa shape index (κ2) is 4.41. The molecule has 4 nitrogen and oxygen atoms in total. The molecule has 0 heterocycles. The molecule has 0 spiro atoms. The molecule has 2 fully saturated rings. The summed E-state index contributed by atoms with van der Waals surface area (Å²) in [6, 6.07) is -0.481. The zero-order valence-electron chi connectivity index (χ0n) is 11.2. The Morgan fingerprint density at radius 1 is 1.47 bits per heavy atom. The number of carboxylic acid groups (broad SMARTS) is 1. The van der Waals surface area contributed by atoms with Crippen LogP contribution in [0, 0.1) is 16.7 Å². The first kappa shape index (κ1) is 14.2. The average molecular weight is 242 g/mol. The summed E-state index contributed by atoms with van der Waals surface area (Å²) in [6.07, 6.45) is 3.25. The Morgan fingerprint density at radius 3 is 2.06 bits per heavy atom. The normalized spacial score (nSPS) is 35.1. The summed E-state index contributed by atoms with van der Waals surface area (Å²) < 4.78 is 0. The molecule has 2 saturated carbocycles. The number of ketones is 1. The van der Waals surface area contributed by atoms with Gasteiger partial charge in [-0.05, 0) is 31.1 Å². The number of carboxylic acids is 1. The quantitative estimate of drug-likeness (QED) is 0.722. The van der Waals surface area contributed by atoms with Gasteiger partial charge in [0.05, 0.1) is 0 Å². The minimum Gasteiger partial charge on any atom is -0.477 e. The molecule has 2 rings (SSSR count). The third kappa shape index (κ3) is 2.23. The smallest absolute Gasteiger partial charge is 0.362 e. The van der Waals surface area contributed by atoms with Crippen LogP contribution in [0.4, 0.5) is 0 Å². The van der Waals surface area contributed by atoms with Crippen molar-refractivity contribution >= 4 is 11.8 Å². The summed E-state index contributed by atoms with van der Waals surface area (Å²) in [5.41, 5.74) is 3.55. The van der Waals surface area contributed by atoms with Gasteiger partial charge < -0.3 is 10.8 Å². The minimum atomic E-state index is -0.852. The molecule has 2 aliphatic rings. The monoisotopic (exact) mass is 242 g/mol. The summed E-state index contributed by atoms with van der Waals surface area (Å²) in [7, 11) is 0. The number of hydrogen-bond acceptors (Lipinski definition) is 2. The van der Waals surface area contributed by atoms with E-state index in [1.54, 1.807) is 0 Å². The van der Waals surface area contributed by atoms with Gasteiger partial charge in [0, 0.05) is 11.8 Å². The molecule has 98 valence electrons. The van der Waals surface area contributed by atoms with Crippen molar-refractivity contribution in [3.05, 3.63) is 0 Å². The predicted octanol–water partition coefficient (Wildman–Crippen LogP) is 1.10. The second-order valence-electron chi connectivity index (χ2n) is 6.16. The summed E-state index contributed by atoms with van der Waals surface area (Å²) in [6.45, 7) is 8.20. The molecule has 4 N–H and O–H groups in total. The molecule has 0 amide bonds. The van der Waals surface area contributed by atoms with E-state index in [1.165, 1.54) is 13.3 Å². The summed E-state index contributed by atoms with van der Waals surface area (Å²) >= 11 is 0. The van der Waals surface area contributed by atoms with Crippen molar-refractivity contribution in [1.82, 2.24) is 0 Å². The van der Waals surface area contributed by atoms with Crippen LogP contribution in [-0.2, 0) is 9.59 Å². The van der Waals surface area contributed by atoms with E-state index < -0.39 is 12.0 Å². The number of fused-ring (bicyclic) bond motifs is 2. The van der Waals surface area contributed by atoms with Gasteiger partial charge in [-0.3, -0.25) is 4.79 Å². The van der Waals surface area contributed by atoms with Crippen molar-refractivity contribution in [1.29, 1.82) is 0 Å². The molecule has 0 unspecified atom stereocenters. The van der Waals surface area contributed by atoms with Crippen molar-refractivity contribution in [2.45, 2.75) is 53.0 Å². The van der Waals surface area contributed by atoms with Crippen LogP contribution in [0.3, 0.4) is 0 Å². The molecule has 0 radical (unpaired) electrons. The van der Waals surface area contributed by atoms with E-state index >= 15 is 0 Å². The lowest BCUT2D eigenvalue weighted by Gasteiger charge is -2.32. The van der Waals surface area contributed by atoms with Gasteiger partial charge in [0.25, 0.3) is 0 Å². The highest BCUT2D eigenvalue weighted by Gasteiger charge is 2.61. The van der Waals surface area contributed by atoms with Gasteiger partial charge in [0.1, 0.15) is 5.78 Å². The van der Waals surface area contributed by atoms with E-state index in [0.29, 0.717) is 11.7 Å². The van der Waals surface area contributed by atoms with Crippen molar-refractivity contribution < 1.29 is 20.4 Å². The van der Waals surface area contributed by atoms with E-state index in [-0.39, 0.29) is 10.8 Å². The molecule has 0 aliphatic heterocycles. The number of Topliss-reactive ketones (excluding diaryl/α,β-unsaturated/α-hetero) is 1. The lowest BCUT2D eigenvalue weighted by Crippen LogP contribution is -2.63. The van der Waals surface area contributed by atoms with Crippen molar-refractivity contribution in [3.8, 4) is 0 Å². The van der Waals surface area contributed by atoms with E-state index in [1.807, 2.05) is 0 Å². The van der Waals surface area contributed by atoms with Crippen LogP contribution in [0.15, 0.2) is 0 Å². The van der Waals surface area contributed by atoms with Crippen molar-refractivity contribution in [3.63, 3.8) is 0 Å². The fraction of sp³-hybridized carbons (Fsp3) is 0.846. The van der Waals surface area contributed by atoms with Crippen LogP contribution in [0.2, 0.25) is 0 Å². The SMILES string of the molecule is CC1(C)[C@H]2CC[C@]1(C)C(=O)C2.C[C@H]([NH3+])C(=O)O. The second-order valence-corrected chi connectivity index (χ2v) is 6.16. The standard InChI is InChI=1S/C10H16O.C3H7NO2/c1-9(2)7-4-5-10(9,3)8(11)6-7;1-2(4)3(5)6/h7H,4-6H2,1-3H3;2H,4H2,1H3,(H,5,6)/p+1/t7-,10+;2-/m00/s1. The molecule has 0 aromatic heterocycles. The number of quaternary nitrogens is 1. The Morgan fingerprint density at radius 2 is 1.94 bits per heavy atom. The summed E-state index contributed by atoms with van der Waals surface area (Å²) in [5.74, 6) is 0.341. The molecule has 2 aliphatic carbocycles. The van der Waals surface area contributed by atoms with Gasteiger partial charge in [-0.25, -0.2) is 4.79 Å². The first-order chi connectivity index (χ1) is 7.63. The number of aliphatic carboxylic acids is 1.